The van der Waals surface area contributed by atoms with Crippen molar-refractivity contribution >= 4 is 5.69 Å². The van der Waals surface area contributed by atoms with Crippen LogP contribution in [0.4, 0.5) is 5.69 Å². The Morgan fingerprint density at radius 3 is 2.19 bits per heavy atom. The van der Waals surface area contributed by atoms with Crippen molar-refractivity contribution in [2.75, 3.05) is 26.1 Å². The molecule has 1 atom stereocenters. The van der Waals surface area contributed by atoms with Crippen molar-refractivity contribution in [3.8, 4) is 11.5 Å². The molecule has 0 aliphatic heterocycles. The average molecular weight is 286 g/mol. The van der Waals surface area contributed by atoms with E-state index in [1.165, 1.54) is 5.56 Å². The van der Waals surface area contributed by atoms with Crippen LogP contribution in [0.2, 0.25) is 0 Å². The topological polar surface area (TPSA) is 56.5 Å². The average Bonchev–Trinajstić information content (AvgIpc) is 2.53. The van der Waals surface area contributed by atoms with Gasteiger partial charge in [0.2, 0.25) is 0 Å². The Morgan fingerprint density at radius 2 is 1.67 bits per heavy atom. The lowest BCUT2D eigenvalue weighted by molar-refractivity contribution is 0.393. The molecule has 2 aromatic carbocycles. The van der Waals surface area contributed by atoms with Crippen molar-refractivity contribution in [3.05, 3.63) is 53.6 Å². The Morgan fingerprint density at radius 1 is 1.05 bits per heavy atom. The maximum absolute atomic E-state index is 5.94. The molecule has 0 heterocycles. The number of benzene rings is 2. The van der Waals surface area contributed by atoms with Gasteiger partial charge in [-0.2, -0.15) is 0 Å². The van der Waals surface area contributed by atoms with Gasteiger partial charge in [-0.25, -0.2) is 0 Å². The normalized spacial score (nSPS) is 11.8. The summed E-state index contributed by atoms with van der Waals surface area (Å²) in [5.41, 5.74) is 9.24. The summed E-state index contributed by atoms with van der Waals surface area (Å²) in [4.78, 5) is 0. The van der Waals surface area contributed by atoms with E-state index in [9.17, 15) is 0 Å². The minimum Gasteiger partial charge on any atom is -0.497 e. The third kappa shape index (κ3) is 3.67. The van der Waals surface area contributed by atoms with E-state index in [2.05, 4.69) is 24.4 Å². The fourth-order valence-corrected chi connectivity index (χ4v) is 2.23. The zero-order chi connectivity index (χ0) is 15.2. The maximum Gasteiger partial charge on any atom is 0.122 e. The predicted molar refractivity (Wildman–Crippen MR) is 86.1 cm³/mol. The van der Waals surface area contributed by atoms with Gasteiger partial charge >= 0.3 is 0 Å². The molecule has 4 nitrogen and oxygen atoms in total. The van der Waals surface area contributed by atoms with Gasteiger partial charge in [-0.3, -0.25) is 0 Å². The van der Waals surface area contributed by atoms with Crippen LogP contribution in [0.1, 0.15) is 17.2 Å². The highest BCUT2D eigenvalue weighted by Crippen LogP contribution is 2.28. The molecule has 0 aliphatic rings. The summed E-state index contributed by atoms with van der Waals surface area (Å²) in [7, 11) is 3.29. The summed E-state index contributed by atoms with van der Waals surface area (Å²) < 4.78 is 10.6. The summed E-state index contributed by atoms with van der Waals surface area (Å²) in [5, 5.41) is 3.48. The van der Waals surface area contributed by atoms with Gasteiger partial charge in [-0.15, -0.1) is 0 Å². The summed E-state index contributed by atoms with van der Waals surface area (Å²) in [6.07, 6.45) is 0. The van der Waals surface area contributed by atoms with Crippen molar-refractivity contribution in [3.63, 3.8) is 0 Å². The van der Waals surface area contributed by atoms with Crippen LogP contribution in [-0.4, -0.2) is 20.8 Å². The van der Waals surface area contributed by atoms with Gasteiger partial charge < -0.3 is 20.5 Å². The largest absolute Gasteiger partial charge is 0.497 e. The van der Waals surface area contributed by atoms with E-state index >= 15 is 0 Å². The lowest BCUT2D eigenvalue weighted by Crippen LogP contribution is -2.21. The minimum atomic E-state index is -0.00454. The first-order chi connectivity index (χ1) is 10.2. The number of nitrogens with one attached hydrogen (secondary N) is 1. The van der Waals surface area contributed by atoms with Crippen molar-refractivity contribution < 1.29 is 9.47 Å². The lowest BCUT2D eigenvalue weighted by Gasteiger charge is -2.21. The number of ether oxygens (including phenoxy) is 2. The first-order valence-corrected chi connectivity index (χ1v) is 6.93. The smallest absolute Gasteiger partial charge is 0.122 e. The van der Waals surface area contributed by atoms with Crippen molar-refractivity contribution in [1.82, 2.24) is 0 Å². The number of hydrogen-bond donors (Lipinski definition) is 2. The Hall–Kier alpha value is -2.20. The molecule has 0 saturated heterocycles. The molecule has 2 aromatic rings. The van der Waals surface area contributed by atoms with Crippen LogP contribution in [0.3, 0.4) is 0 Å². The number of anilines is 1. The highest BCUT2D eigenvalue weighted by molar-refractivity contribution is 5.53. The van der Waals surface area contributed by atoms with E-state index in [1.54, 1.807) is 14.2 Å². The van der Waals surface area contributed by atoms with Gasteiger partial charge in [-0.05, 0) is 36.2 Å². The standard InChI is InChI=1S/C17H22N2O2/c1-12-6-4-5-7-16(12)19-17(11-18)13-8-14(20-2)10-15(9-13)21-3/h4-10,17,19H,11,18H2,1-3H3. The summed E-state index contributed by atoms with van der Waals surface area (Å²) in [6, 6.07) is 14.0. The molecular formula is C17H22N2O2. The number of methoxy groups -OCH3 is 2. The molecule has 0 radical (unpaired) electrons. The molecule has 0 spiro atoms. The quantitative estimate of drug-likeness (QED) is 0.856. The second-order valence-electron chi connectivity index (χ2n) is 4.89. The van der Waals surface area contributed by atoms with Gasteiger partial charge in [-0.1, -0.05) is 18.2 Å². The van der Waals surface area contributed by atoms with E-state index in [-0.39, 0.29) is 6.04 Å². The SMILES string of the molecule is COc1cc(OC)cc(C(CN)Nc2ccccc2C)c1. The highest BCUT2D eigenvalue weighted by Gasteiger charge is 2.13. The molecule has 0 bridgehead atoms. The van der Waals surface area contributed by atoms with E-state index in [0.29, 0.717) is 6.54 Å². The first-order valence-electron chi connectivity index (χ1n) is 6.93. The first kappa shape index (κ1) is 15.2. The van der Waals surface area contributed by atoms with Crippen LogP contribution in [-0.2, 0) is 0 Å². The number of aryl methyl sites for hydroxylation is 1. The second kappa shape index (κ2) is 6.99. The Kier molecular flexibility index (Phi) is 5.06. The van der Waals surface area contributed by atoms with Crippen LogP contribution in [0.15, 0.2) is 42.5 Å². The van der Waals surface area contributed by atoms with Crippen LogP contribution in [0.5, 0.6) is 11.5 Å². The highest BCUT2D eigenvalue weighted by atomic mass is 16.5. The second-order valence-corrected chi connectivity index (χ2v) is 4.89. The number of nitrogens with two attached hydrogens (primary N) is 1. The molecule has 0 amide bonds. The number of rotatable bonds is 6. The fraction of sp³-hybridized carbons (Fsp3) is 0.294. The number of hydrogen-bond acceptors (Lipinski definition) is 4. The molecule has 1 unspecified atom stereocenters. The maximum atomic E-state index is 5.94. The van der Waals surface area contributed by atoms with Gasteiger partial charge in [0.1, 0.15) is 11.5 Å². The molecular weight excluding hydrogens is 264 g/mol. The van der Waals surface area contributed by atoms with Gasteiger partial charge in [0.15, 0.2) is 0 Å². The molecule has 21 heavy (non-hydrogen) atoms. The molecule has 0 aliphatic carbocycles. The summed E-state index contributed by atoms with van der Waals surface area (Å²) >= 11 is 0. The lowest BCUT2D eigenvalue weighted by atomic mass is 10.0. The Labute approximate surface area is 125 Å². The van der Waals surface area contributed by atoms with E-state index in [0.717, 1.165) is 22.7 Å². The fourth-order valence-electron chi connectivity index (χ4n) is 2.23. The van der Waals surface area contributed by atoms with Gasteiger partial charge in [0.05, 0.1) is 20.3 Å². The Bertz CT molecular complexity index is 577. The molecule has 0 fully saturated rings. The molecule has 4 heteroatoms. The minimum absolute atomic E-state index is 0.00454. The molecule has 0 saturated carbocycles. The number of para-hydroxylation sites is 1. The zero-order valence-corrected chi connectivity index (χ0v) is 12.7. The van der Waals surface area contributed by atoms with Gasteiger partial charge in [0.25, 0.3) is 0 Å². The van der Waals surface area contributed by atoms with Crippen LogP contribution in [0.25, 0.3) is 0 Å². The molecule has 0 aromatic heterocycles. The third-order valence-electron chi connectivity index (χ3n) is 3.49. The van der Waals surface area contributed by atoms with Crippen LogP contribution >= 0.6 is 0 Å². The summed E-state index contributed by atoms with van der Waals surface area (Å²) in [5.74, 6) is 1.52. The van der Waals surface area contributed by atoms with E-state index in [4.69, 9.17) is 15.2 Å². The van der Waals surface area contributed by atoms with E-state index in [1.807, 2.05) is 30.3 Å². The molecule has 2 rings (SSSR count). The van der Waals surface area contributed by atoms with Crippen molar-refractivity contribution in [1.29, 1.82) is 0 Å². The van der Waals surface area contributed by atoms with Crippen LogP contribution in [0, 0.1) is 6.92 Å². The Balaban J connectivity index is 2.31. The molecule has 3 N–H and O–H groups in total. The predicted octanol–water partition coefficient (Wildman–Crippen LogP) is 3.12. The monoisotopic (exact) mass is 286 g/mol. The van der Waals surface area contributed by atoms with Crippen molar-refractivity contribution in [2.24, 2.45) is 5.73 Å². The van der Waals surface area contributed by atoms with Crippen LogP contribution < -0.4 is 20.5 Å². The summed E-state index contributed by atoms with van der Waals surface area (Å²) in [6.45, 7) is 2.55. The van der Waals surface area contributed by atoms with Gasteiger partial charge in [0, 0.05) is 18.3 Å². The molecule has 112 valence electrons. The third-order valence-corrected chi connectivity index (χ3v) is 3.49. The van der Waals surface area contributed by atoms with Crippen molar-refractivity contribution in [2.45, 2.75) is 13.0 Å². The zero-order valence-electron chi connectivity index (χ0n) is 12.7. The van der Waals surface area contributed by atoms with E-state index < -0.39 is 0 Å².